The Morgan fingerprint density at radius 2 is 2.17 bits per heavy atom. The fraction of sp³-hybridized carbons (Fsp3) is 0.214. The van der Waals surface area contributed by atoms with Gasteiger partial charge in [-0.15, -0.1) is 11.3 Å². The summed E-state index contributed by atoms with van der Waals surface area (Å²) >= 11 is 1.69. The highest BCUT2D eigenvalue weighted by atomic mass is 32.1. The van der Waals surface area contributed by atoms with E-state index in [0.29, 0.717) is 6.61 Å². The quantitative estimate of drug-likeness (QED) is 0.677. The molecule has 0 unspecified atom stereocenters. The minimum atomic E-state index is 0.597. The van der Waals surface area contributed by atoms with Crippen LogP contribution >= 0.6 is 11.3 Å². The van der Waals surface area contributed by atoms with Crippen molar-refractivity contribution in [2.45, 2.75) is 19.4 Å². The fourth-order valence-electron chi connectivity index (χ4n) is 2.25. The molecule has 1 aliphatic rings. The molecule has 1 aromatic heterocycles. The first-order valence-electron chi connectivity index (χ1n) is 5.87. The smallest absolute Gasteiger partial charge is 0.123 e. The summed E-state index contributed by atoms with van der Waals surface area (Å²) in [5, 5.41) is 14.3. The number of fused-ring (bicyclic) bond motifs is 1. The Kier molecular flexibility index (Phi) is 3.02. The molecule has 0 spiro atoms. The molecule has 3 nitrogen and oxygen atoms in total. The molecule has 2 aromatic rings. The first-order chi connectivity index (χ1) is 8.88. The van der Waals surface area contributed by atoms with E-state index in [1.807, 2.05) is 29.6 Å². The van der Waals surface area contributed by atoms with Gasteiger partial charge in [0.2, 0.25) is 0 Å². The molecular formula is C14H13NO2S. The van der Waals surface area contributed by atoms with Crippen LogP contribution in [0.2, 0.25) is 0 Å². The predicted octanol–water partition coefficient (Wildman–Crippen LogP) is 3.45. The van der Waals surface area contributed by atoms with Crippen molar-refractivity contribution in [3.8, 4) is 5.75 Å². The topological polar surface area (TPSA) is 41.8 Å². The van der Waals surface area contributed by atoms with E-state index >= 15 is 0 Å². The maximum Gasteiger partial charge on any atom is 0.123 e. The first kappa shape index (κ1) is 11.3. The van der Waals surface area contributed by atoms with Crippen LogP contribution in [0.15, 0.2) is 40.9 Å². The van der Waals surface area contributed by atoms with Crippen molar-refractivity contribution >= 4 is 17.0 Å². The third kappa shape index (κ3) is 1.99. The molecule has 0 amide bonds. The van der Waals surface area contributed by atoms with Crippen molar-refractivity contribution in [3.63, 3.8) is 0 Å². The molecule has 0 radical (unpaired) electrons. The molecule has 0 atom stereocenters. The monoisotopic (exact) mass is 259 g/mol. The molecule has 0 saturated heterocycles. The molecular weight excluding hydrogens is 246 g/mol. The lowest BCUT2D eigenvalue weighted by atomic mass is 10.1. The summed E-state index contributed by atoms with van der Waals surface area (Å²) in [6.45, 7) is 0.597. The molecule has 1 N–H and O–H groups in total. The van der Waals surface area contributed by atoms with Crippen molar-refractivity contribution in [2.24, 2.45) is 5.16 Å². The number of thiophene rings is 1. The van der Waals surface area contributed by atoms with Crippen LogP contribution < -0.4 is 4.74 Å². The van der Waals surface area contributed by atoms with Crippen LogP contribution in [0.4, 0.5) is 0 Å². The lowest BCUT2D eigenvalue weighted by Gasteiger charge is -2.09. The van der Waals surface area contributed by atoms with Gasteiger partial charge >= 0.3 is 0 Å². The van der Waals surface area contributed by atoms with Gasteiger partial charge in [0.15, 0.2) is 0 Å². The molecule has 92 valence electrons. The average molecular weight is 259 g/mol. The third-order valence-corrected chi connectivity index (χ3v) is 3.98. The molecule has 0 fully saturated rings. The zero-order chi connectivity index (χ0) is 12.4. The van der Waals surface area contributed by atoms with Gasteiger partial charge < -0.3 is 9.94 Å². The SMILES string of the molecule is ON=C1CCc2c(OCc3cccs3)cccc21. The maximum atomic E-state index is 8.93. The molecule has 0 saturated carbocycles. The number of nitrogens with zero attached hydrogens (tertiary/aromatic N) is 1. The van der Waals surface area contributed by atoms with Gasteiger partial charge in [0.1, 0.15) is 12.4 Å². The van der Waals surface area contributed by atoms with Crippen LogP contribution in [0.3, 0.4) is 0 Å². The van der Waals surface area contributed by atoms with Gasteiger partial charge in [-0.2, -0.15) is 0 Å². The van der Waals surface area contributed by atoms with Crippen molar-refractivity contribution in [1.29, 1.82) is 0 Å². The second-order valence-electron chi connectivity index (χ2n) is 4.20. The van der Waals surface area contributed by atoms with Gasteiger partial charge in [0.25, 0.3) is 0 Å². The Morgan fingerprint density at radius 3 is 2.94 bits per heavy atom. The van der Waals surface area contributed by atoms with Gasteiger partial charge in [-0.05, 0) is 30.4 Å². The Morgan fingerprint density at radius 1 is 1.22 bits per heavy atom. The van der Waals surface area contributed by atoms with E-state index in [9.17, 15) is 0 Å². The van der Waals surface area contributed by atoms with E-state index in [2.05, 4.69) is 11.2 Å². The Bertz CT molecular complexity index is 575. The summed E-state index contributed by atoms with van der Waals surface area (Å²) in [6, 6.07) is 9.99. The Hall–Kier alpha value is -1.81. The molecule has 0 aliphatic heterocycles. The van der Waals surface area contributed by atoms with E-state index in [1.54, 1.807) is 11.3 Å². The second-order valence-corrected chi connectivity index (χ2v) is 5.23. The fourth-order valence-corrected chi connectivity index (χ4v) is 2.87. The summed E-state index contributed by atoms with van der Waals surface area (Å²) in [7, 11) is 0. The summed E-state index contributed by atoms with van der Waals surface area (Å²) < 4.78 is 5.86. The summed E-state index contributed by atoms with van der Waals surface area (Å²) in [5.74, 6) is 0.902. The minimum Gasteiger partial charge on any atom is -0.488 e. The molecule has 1 aliphatic carbocycles. The third-order valence-electron chi connectivity index (χ3n) is 3.13. The average Bonchev–Trinajstić information content (AvgIpc) is 3.05. The van der Waals surface area contributed by atoms with Gasteiger partial charge in [-0.3, -0.25) is 0 Å². The Balaban J connectivity index is 1.84. The zero-order valence-corrected chi connectivity index (χ0v) is 10.6. The molecule has 3 rings (SSSR count). The number of ether oxygens (including phenoxy) is 1. The van der Waals surface area contributed by atoms with Crippen LogP contribution in [0.25, 0.3) is 0 Å². The van der Waals surface area contributed by atoms with Crippen LogP contribution in [-0.4, -0.2) is 10.9 Å². The van der Waals surface area contributed by atoms with Gasteiger partial charge in [0.05, 0.1) is 5.71 Å². The van der Waals surface area contributed by atoms with E-state index in [0.717, 1.165) is 35.4 Å². The van der Waals surface area contributed by atoms with Crippen molar-refractivity contribution in [3.05, 3.63) is 51.7 Å². The van der Waals surface area contributed by atoms with E-state index in [4.69, 9.17) is 9.94 Å². The Labute approximate surface area is 109 Å². The lowest BCUT2D eigenvalue weighted by Crippen LogP contribution is -1.98. The summed E-state index contributed by atoms with van der Waals surface area (Å²) in [5.41, 5.74) is 2.93. The van der Waals surface area contributed by atoms with Crippen LogP contribution in [-0.2, 0) is 13.0 Å². The van der Waals surface area contributed by atoms with Gasteiger partial charge in [-0.25, -0.2) is 0 Å². The van der Waals surface area contributed by atoms with E-state index in [-0.39, 0.29) is 0 Å². The molecule has 1 aromatic carbocycles. The molecule has 18 heavy (non-hydrogen) atoms. The normalized spacial score (nSPS) is 15.9. The zero-order valence-electron chi connectivity index (χ0n) is 9.80. The highest BCUT2D eigenvalue weighted by Gasteiger charge is 2.21. The van der Waals surface area contributed by atoms with Gasteiger partial charge in [0, 0.05) is 16.0 Å². The highest BCUT2D eigenvalue weighted by Crippen LogP contribution is 2.31. The van der Waals surface area contributed by atoms with E-state index in [1.165, 1.54) is 4.88 Å². The van der Waals surface area contributed by atoms with Crippen molar-refractivity contribution < 1.29 is 9.94 Å². The van der Waals surface area contributed by atoms with Crippen LogP contribution in [0, 0.1) is 0 Å². The van der Waals surface area contributed by atoms with E-state index < -0.39 is 0 Å². The maximum absolute atomic E-state index is 8.93. The number of hydrogen-bond acceptors (Lipinski definition) is 4. The standard InChI is InChI=1S/C14H13NO2S/c16-15-13-7-6-12-11(13)4-1-5-14(12)17-9-10-3-2-8-18-10/h1-5,8,16H,6-7,9H2. The van der Waals surface area contributed by atoms with Gasteiger partial charge in [-0.1, -0.05) is 23.4 Å². The largest absolute Gasteiger partial charge is 0.488 e. The molecule has 4 heteroatoms. The molecule has 0 bridgehead atoms. The highest BCUT2D eigenvalue weighted by molar-refractivity contribution is 7.09. The second kappa shape index (κ2) is 4.82. The summed E-state index contributed by atoms with van der Waals surface area (Å²) in [6.07, 6.45) is 1.67. The number of oxime groups is 1. The number of rotatable bonds is 3. The predicted molar refractivity (Wildman–Crippen MR) is 71.7 cm³/mol. The lowest BCUT2D eigenvalue weighted by molar-refractivity contribution is 0.307. The van der Waals surface area contributed by atoms with Crippen molar-refractivity contribution in [2.75, 3.05) is 0 Å². The first-order valence-corrected chi connectivity index (χ1v) is 6.75. The van der Waals surface area contributed by atoms with Crippen molar-refractivity contribution in [1.82, 2.24) is 0 Å². The molecule has 1 heterocycles. The minimum absolute atomic E-state index is 0.597. The summed E-state index contributed by atoms with van der Waals surface area (Å²) in [4.78, 5) is 1.21. The van der Waals surface area contributed by atoms with Crippen LogP contribution in [0.1, 0.15) is 22.4 Å². The number of hydrogen-bond donors (Lipinski definition) is 1. The number of benzene rings is 1. The van der Waals surface area contributed by atoms with Crippen LogP contribution in [0.5, 0.6) is 5.75 Å².